The molecule has 0 N–H and O–H groups in total. The summed E-state index contributed by atoms with van der Waals surface area (Å²) >= 11 is 0. The lowest BCUT2D eigenvalue weighted by atomic mass is 10.0. The Kier molecular flexibility index (Phi) is 5.03. The monoisotopic (exact) mass is 401 g/mol. The highest BCUT2D eigenvalue weighted by Gasteiger charge is 2.42. The summed E-state index contributed by atoms with van der Waals surface area (Å²) in [5, 5.41) is 0. The number of likely N-dealkylation sites (tertiary alicyclic amines) is 1. The number of nitrogens with zero attached hydrogens (tertiary/aromatic N) is 3. The first-order valence-electron chi connectivity index (χ1n) is 11.0. The van der Waals surface area contributed by atoms with Crippen molar-refractivity contribution in [1.82, 2.24) is 4.90 Å². The normalized spacial score (nSPS) is 19.9. The number of piperidine rings is 1. The Hall–Kier alpha value is -3.08. The lowest BCUT2D eigenvalue weighted by Crippen LogP contribution is -2.37. The van der Waals surface area contributed by atoms with Crippen molar-refractivity contribution >= 4 is 28.8 Å². The van der Waals surface area contributed by atoms with E-state index < -0.39 is 0 Å². The molecule has 2 saturated heterocycles. The minimum absolute atomic E-state index is 0.199. The zero-order valence-corrected chi connectivity index (χ0v) is 17.2. The van der Waals surface area contributed by atoms with Crippen LogP contribution in [0.15, 0.2) is 60.3 Å². The Morgan fingerprint density at radius 3 is 1.80 bits per heavy atom. The first kappa shape index (κ1) is 18.9. The van der Waals surface area contributed by atoms with E-state index in [2.05, 4.69) is 9.80 Å². The van der Waals surface area contributed by atoms with Crippen LogP contribution in [0.3, 0.4) is 0 Å². The quantitative estimate of drug-likeness (QED) is 0.725. The highest BCUT2D eigenvalue weighted by Crippen LogP contribution is 2.36. The van der Waals surface area contributed by atoms with Gasteiger partial charge in [0.1, 0.15) is 5.70 Å². The smallest absolute Gasteiger partial charge is 0.282 e. The van der Waals surface area contributed by atoms with Gasteiger partial charge in [0.05, 0.1) is 11.3 Å². The number of carbonyl (C=O) groups is 2. The molecule has 2 aromatic carbocycles. The predicted octanol–water partition coefficient (Wildman–Crippen LogP) is 4.06. The Balaban J connectivity index is 1.51. The number of anilines is 2. The molecular weight excluding hydrogens is 374 g/mol. The van der Waals surface area contributed by atoms with Gasteiger partial charge in [-0.3, -0.25) is 9.59 Å². The van der Waals surface area contributed by atoms with Crippen LogP contribution in [0.5, 0.6) is 0 Å². The van der Waals surface area contributed by atoms with Crippen LogP contribution < -0.4 is 9.80 Å². The minimum Gasteiger partial charge on any atom is -0.372 e. The molecule has 3 aliphatic rings. The summed E-state index contributed by atoms with van der Waals surface area (Å²) in [5.74, 6) is -0.421. The Bertz CT molecular complexity index is 969. The Morgan fingerprint density at radius 1 is 0.567 bits per heavy atom. The maximum absolute atomic E-state index is 13.5. The zero-order chi connectivity index (χ0) is 20.5. The fourth-order valence-electron chi connectivity index (χ4n) is 4.82. The second-order valence-corrected chi connectivity index (χ2v) is 8.29. The summed E-state index contributed by atoms with van der Waals surface area (Å²) in [6, 6.07) is 17.5. The van der Waals surface area contributed by atoms with Gasteiger partial charge in [0.15, 0.2) is 0 Å². The highest BCUT2D eigenvalue weighted by atomic mass is 16.2. The third-order valence-corrected chi connectivity index (χ3v) is 6.37. The maximum Gasteiger partial charge on any atom is 0.282 e. The molecule has 30 heavy (non-hydrogen) atoms. The average Bonchev–Trinajstić information content (AvgIpc) is 3.42. The second-order valence-electron chi connectivity index (χ2n) is 8.29. The molecule has 0 saturated carbocycles. The topological polar surface area (TPSA) is 43.9 Å². The van der Waals surface area contributed by atoms with E-state index in [-0.39, 0.29) is 11.8 Å². The molecule has 0 aliphatic carbocycles. The van der Waals surface area contributed by atoms with Crippen molar-refractivity contribution in [2.24, 2.45) is 0 Å². The molecule has 5 heteroatoms. The van der Waals surface area contributed by atoms with Crippen molar-refractivity contribution in [2.45, 2.75) is 32.1 Å². The van der Waals surface area contributed by atoms with E-state index >= 15 is 0 Å². The van der Waals surface area contributed by atoms with Crippen LogP contribution in [0.1, 0.15) is 37.7 Å². The molecule has 5 nitrogen and oxygen atoms in total. The van der Waals surface area contributed by atoms with Gasteiger partial charge in [-0.05, 0) is 61.9 Å². The standard InChI is InChI=1S/C25H27N3O2/c29-24-22(19-9-3-1-4-10-19)23(27-17-5-2-6-18-27)25(30)28(24)21-13-11-20(12-14-21)26-15-7-8-16-26/h1,3-4,9-14H,2,5-8,15-18H2. The zero-order valence-electron chi connectivity index (χ0n) is 17.2. The van der Waals surface area contributed by atoms with E-state index in [1.54, 1.807) is 0 Å². The van der Waals surface area contributed by atoms with E-state index in [0.29, 0.717) is 17.0 Å². The van der Waals surface area contributed by atoms with Gasteiger partial charge in [-0.15, -0.1) is 0 Å². The molecular formula is C25H27N3O2. The Labute approximate surface area is 177 Å². The van der Waals surface area contributed by atoms with Gasteiger partial charge in [-0.25, -0.2) is 4.90 Å². The minimum atomic E-state index is -0.222. The van der Waals surface area contributed by atoms with Crippen molar-refractivity contribution in [1.29, 1.82) is 0 Å². The summed E-state index contributed by atoms with van der Waals surface area (Å²) in [4.78, 5) is 32.9. The van der Waals surface area contributed by atoms with Gasteiger partial charge >= 0.3 is 0 Å². The van der Waals surface area contributed by atoms with E-state index in [1.165, 1.54) is 24.2 Å². The van der Waals surface area contributed by atoms with Gasteiger partial charge in [0.25, 0.3) is 11.8 Å². The largest absolute Gasteiger partial charge is 0.372 e. The summed E-state index contributed by atoms with van der Waals surface area (Å²) < 4.78 is 0. The van der Waals surface area contributed by atoms with Crippen LogP contribution in [-0.4, -0.2) is 42.9 Å². The summed E-state index contributed by atoms with van der Waals surface area (Å²) in [6.45, 7) is 3.79. The molecule has 154 valence electrons. The van der Waals surface area contributed by atoms with Crippen LogP contribution in [0.2, 0.25) is 0 Å². The SMILES string of the molecule is O=C1C(c2ccccc2)=C(N2CCCCC2)C(=O)N1c1ccc(N2CCCC2)cc1. The number of hydrogen-bond donors (Lipinski definition) is 0. The molecule has 2 aromatic rings. The summed E-state index contributed by atoms with van der Waals surface area (Å²) in [7, 11) is 0. The van der Waals surface area contributed by atoms with Gasteiger partial charge in [-0.2, -0.15) is 0 Å². The van der Waals surface area contributed by atoms with Crippen molar-refractivity contribution in [3.63, 3.8) is 0 Å². The van der Waals surface area contributed by atoms with E-state index in [4.69, 9.17) is 0 Å². The number of hydrogen-bond acceptors (Lipinski definition) is 4. The van der Waals surface area contributed by atoms with Crippen molar-refractivity contribution < 1.29 is 9.59 Å². The van der Waals surface area contributed by atoms with E-state index in [9.17, 15) is 9.59 Å². The second kappa shape index (κ2) is 7.98. The summed E-state index contributed by atoms with van der Waals surface area (Å²) in [5.41, 5.74) is 3.71. The van der Waals surface area contributed by atoms with Crippen LogP contribution >= 0.6 is 0 Å². The Morgan fingerprint density at radius 2 is 1.13 bits per heavy atom. The first-order chi connectivity index (χ1) is 14.7. The number of amides is 2. The third-order valence-electron chi connectivity index (χ3n) is 6.37. The number of rotatable bonds is 4. The van der Waals surface area contributed by atoms with Gasteiger partial charge in [-0.1, -0.05) is 30.3 Å². The van der Waals surface area contributed by atoms with Crippen LogP contribution in [0.4, 0.5) is 11.4 Å². The number of imide groups is 1. The molecule has 5 rings (SSSR count). The van der Waals surface area contributed by atoms with Gasteiger partial charge in [0.2, 0.25) is 0 Å². The molecule has 0 radical (unpaired) electrons. The van der Waals surface area contributed by atoms with Crippen LogP contribution in [-0.2, 0) is 9.59 Å². The lowest BCUT2D eigenvalue weighted by Gasteiger charge is -2.29. The average molecular weight is 402 g/mol. The van der Waals surface area contributed by atoms with Crippen LogP contribution in [0, 0.1) is 0 Å². The van der Waals surface area contributed by atoms with E-state index in [0.717, 1.165) is 50.3 Å². The third kappa shape index (κ3) is 3.28. The molecule has 3 heterocycles. The molecule has 3 aliphatic heterocycles. The molecule has 0 spiro atoms. The molecule has 0 atom stereocenters. The molecule has 0 aromatic heterocycles. The van der Waals surface area contributed by atoms with Crippen molar-refractivity contribution in [3.8, 4) is 0 Å². The van der Waals surface area contributed by atoms with Crippen LogP contribution in [0.25, 0.3) is 5.57 Å². The number of carbonyl (C=O) groups excluding carboxylic acids is 2. The molecule has 0 unspecified atom stereocenters. The molecule has 2 amide bonds. The van der Waals surface area contributed by atoms with E-state index in [1.807, 2.05) is 54.6 Å². The highest BCUT2D eigenvalue weighted by molar-refractivity contribution is 6.45. The molecule has 2 fully saturated rings. The molecule has 0 bridgehead atoms. The summed E-state index contributed by atoms with van der Waals surface area (Å²) in [6.07, 6.45) is 5.71. The lowest BCUT2D eigenvalue weighted by molar-refractivity contribution is -0.120. The van der Waals surface area contributed by atoms with Crippen molar-refractivity contribution in [2.75, 3.05) is 36.0 Å². The van der Waals surface area contributed by atoms with Gasteiger partial charge in [0, 0.05) is 31.9 Å². The fraction of sp³-hybridized carbons (Fsp3) is 0.360. The van der Waals surface area contributed by atoms with Crippen molar-refractivity contribution in [3.05, 3.63) is 65.9 Å². The maximum atomic E-state index is 13.5. The number of benzene rings is 2. The predicted molar refractivity (Wildman–Crippen MR) is 119 cm³/mol. The fourth-order valence-corrected chi connectivity index (χ4v) is 4.82. The van der Waals surface area contributed by atoms with Gasteiger partial charge < -0.3 is 9.80 Å². The first-order valence-corrected chi connectivity index (χ1v) is 11.0.